The van der Waals surface area contributed by atoms with Gasteiger partial charge in [0.25, 0.3) is 0 Å². The van der Waals surface area contributed by atoms with Gasteiger partial charge in [-0.15, -0.1) is 0 Å². The molecule has 2 aromatic rings. The van der Waals surface area contributed by atoms with E-state index in [-0.39, 0.29) is 11.3 Å². The summed E-state index contributed by atoms with van der Waals surface area (Å²) in [4.78, 5) is 12.3. The summed E-state index contributed by atoms with van der Waals surface area (Å²) >= 11 is 0. The molecule has 0 aliphatic carbocycles. The third-order valence-corrected chi connectivity index (χ3v) is 3.49. The SMILES string of the molecule is CC(C)(C)C(N)C(=O)Nc1ccccc1-c1ccccc1. The van der Waals surface area contributed by atoms with Gasteiger partial charge in [0, 0.05) is 11.3 Å². The van der Waals surface area contributed by atoms with Crippen LogP contribution in [-0.2, 0) is 4.79 Å². The van der Waals surface area contributed by atoms with Gasteiger partial charge in [-0.3, -0.25) is 4.79 Å². The lowest BCUT2D eigenvalue weighted by atomic mass is 9.87. The number of hydrogen-bond donors (Lipinski definition) is 2. The van der Waals surface area contributed by atoms with Gasteiger partial charge in [0.2, 0.25) is 5.91 Å². The van der Waals surface area contributed by atoms with Crippen LogP contribution in [0.15, 0.2) is 54.6 Å². The van der Waals surface area contributed by atoms with Crippen molar-refractivity contribution in [2.75, 3.05) is 5.32 Å². The van der Waals surface area contributed by atoms with E-state index in [1.54, 1.807) is 0 Å². The molecule has 0 aliphatic heterocycles. The van der Waals surface area contributed by atoms with Gasteiger partial charge in [-0.05, 0) is 17.0 Å². The number of anilines is 1. The number of nitrogens with two attached hydrogens (primary N) is 1. The van der Waals surface area contributed by atoms with Crippen LogP contribution in [0.4, 0.5) is 5.69 Å². The third-order valence-electron chi connectivity index (χ3n) is 3.49. The highest BCUT2D eigenvalue weighted by Gasteiger charge is 2.27. The number of benzene rings is 2. The lowest BCUT2D eigenvalue weighted by molar-refractivity contribution is -0.119. The van der Waals surface area contributed by atoms with Gasteiger partial charge in [0.15, 0.2) is 0 Å². The number of para-hydroxylation sites is 1. The second-order valence-electron chi connectivity index (χ2n) is 6.24. The van der Waals surface area contributed by atoms with E-state index in [1.165, 1.54) is 0 Å². The Morgan fingerprint density at radius 3 is 2.19 bits per heavy atom. The Labute approximate surface area is 126 Å². The predicted molar refractivity (Wildman–Crippen MR) is 87.9 cm³/mol. The van der Waals surface area contributed by atoms with Gasteiger partial charge < -0.3 is 11.1 Å². The molecule has 1 amide bonds. The Morgan fingerprint density at radius 1 is 1.00 bits per heavy atom. The summed E-state index contributed by atoms with van der Waals surface area (Å²) in [6.45, 7) is 5.88. The number of nitrogens with one attached hydrogen (secondary N) is 1. The molecule has 3 nitrogen and oxygen atoms in total. The number of carbonyl (C=O) groups is 1. The molecule has 0 aliphatic rings. The Hall–Kier alpha value is -2.13. The first-order valence-electron chi connectivity index (χ1n) is 7.10. The largest absolute Gasteiger partial charge is 0.324 e. The maximum absolute atomic E-state index is 12.3. The zero-order chi connectivity index (χ0) is 15.5. The normalized spacial score (nSPS) is 12.8. The quantitative estimate of drug-likeness (QED) is 0.902. The average molecular weight is 282 g/mol. The molecule has 0 saturated carbocycles. The van der Waals surface area contributed by atoms with E-state index in [0.717, 1.165) is 16.8 Å². The first-order chi connectivity index (χ1) is 9.89. The molecule has 0 bridgehead atoms. The molecule has 0 fully saturated rings. The highest BCUT2D eigenvalue weighted by atomic mass is 16.2. The molecule has 3 N–H and O–H groups in total. The van der Waals surface area contributed by atoms with Crippen molar-refractivity contribution in [2.24, 2.45) is 11.1 Å². The maximum Gasteiger partial charge on any atom is 0.241 e. The molecule has 0 saturated heterocycles. The summed E-state index contributed by atoms with van der Waals surface area (Å²) in [7, 11) is 0. The Balaban J connectivity index is 2.28. The molecule has 0 aromatic heterocycles. The smallest absolute Gasteiger partial charge is 0.241 e. The van der Waals surface area contributed by atoms with Crippen LogP contribution in [0.5, 0.6) is 0 Å². The number of rotatable bonds is 3. The Kier molecular flexibility index (Phi) is 4.43. The monoisotopic (exact) mass is 282 g/mol. The Bertz CT molecular complexity index is 615. The molecule has 2 aromatic carbocycles. The van der Waals surface area contributed by atoms with Crippen LogP contribution in [0, 0.1) is 5.41 Å². The van der Waals surface area contributed by atoms with Crippen LogP contribution in [0.2, 0.25) is 0 Å². The van der Waals surface area contributed by atoms with Crippen LogP contribution in [0.25, 0.3) is 11.1 Å². The van der Waals surface area contributed by atoms with E-state index in [4.69, 9.17) is 5.73 Å². The summed E-state index contributed by atoms with van der Waals surface area (Å²) in [5, 5.41) is 2.95. The molecular weight excluding hydrogens is 260 g/mol. The minimum absolute atomic E-state index is 0.161. The van der Waals surface area contributed by atoms with E-state index >= 15 is 0 Å². The number of carbonyl (C=O) groups excluding carboxylic acids is 1. The van der Waals surface area contributed by atoms with E-state index in [9.17, 15) is 4.79 Å². The van der Waals surface area contributed by atoms with Gasteiger partial charge in [-0.1, -0.05) is 69.3 Å². The van der Waals surface area contributed by atoms with Crippen molar-refractivity contribution < 1.29 is 4.79 Å². The van der Waals surface area contributed by atoms with E-state index in [0.29, 0.717) is 0 Å². The minimum Gasteiger partial charge on any atom is -0.324 e. The molecule has 110 valence electrons. The summed E-state index contributed by atoms with van der Waals surface area (Å²) in [5.41, 5.74) is 8.59. The molecule has 2 rings (SSSR count). The molecule has 0 radical (unpaired) electrons. The van der Waals surface area contributed by atoms with Crippen LogP contribution in [-0.4, -0.2) is 11.9 Å². The molecule has 0 heterocycles. The zero-order valence-electron chi connectivity index (χ0n) is 12.8. The third kappa shape index (κ3) is 3.70. The predicted octanol–water partition coefficient (Wildman–Crippen LogP) is 3.67. The fourth-order valence-corrected chi connectivity index (χ4v) is 2.07. The molecule has 1 unspecified atom stereocenters. The summed E-state index contributed by atoms with van der Waals surface area (Å²) in [5.74, 6) is -0.161. The highest BCUT2D eigenvalue weighted by Crippen LogP contribution is 2.28. The van der Waals surface area contributed by atoms with Crippen molar-refractivity contribution in [3.63, 3.8) is 0 Å². The van der Waals surface area contributed by atoms with Crippen molar-refractivity contribution in [2.45, 2.75) is 26.8 Å². The summed E-state index contributed by atoms with van der Waals surface area (Å²) < 4.78 is 0. The zero-order valence-corrected chi connectivity index (χ0v) is 12.8. The summed E-state index contributed by atoms with van der Waals surface area (Å²) in [6, 6.07) is 17.2. The fraction of sp³-hybridized carbons (Fsp3) is 0.278. The molecular formula is C18H22N2O. The van der Waals surface area contributed by atoms with Crippen molar-refractivity contribution in [1.29, 1.82) is 0 Å². The van der Waals surface area contributed by atoms with Gasteiger partial charge in [0.1, 0.15) is 0 Å². The molecule has 0 spiro atoms. The van der Waals surface area contributed by atoms with Gasteiger partial charge >= 0.3 is 0 Å². The van der Waals surface area contributed by atoms with Crippen LogP contribution in [0.3, 0.4) is 0 Å². The van der Waals surface area contributed by atoms with Crippen molar-refractivity contribution in [3.8, 4) is 11.1 Å². The lowest BCUT2D eigenvalue weighted by Gasteiger charge is -2.26. The molecule has 3 heteroatoms. The van der Waals surface area contributed by atoms with E-state index < -0.39 is 6.04 Å². The standard InChI is InChI=1S/C18H22N2O/c1-18(2,3)16(19)17(21)20-15-12-8-7-11-14(15)13-9-5-4-6-10-13/h4-12,16H,19H2,1-3H3,(H,20,21). The van der Waals surface area contributed by atoms with Crippen LogP contribution < -0.4 is 11.1 Å². The Morgan fingerprint density at radius 2 is 1.57 bits per heavy atom. The second-order valence-corrected chi connectivity index (χ2v) is 6.24. The minimum atomic E-state index is -0.554. The van der Waals surface area contributed by atoms with E-state index in [2.05, 4.69) is 5.32 Å². The fourth-order valence-electron chi connectivity index (χ4n) is 2.07. The number of hydrogen-bond acceptors (Lipinski definition) is 2. The lowest BCUT2D eigenvalue weighted by Crippen LogP contribution is -2.45. The topological polar surface area (TPSA) is 55.1 Å². The highest BCUT2D eigenvalue weighted by molar-refractivity contribution is 5.98. The van der Waals surface area contributed by atoms with Gasteiger partial charge in [-0.2, -0.15) is 0 Å². The van der Waals surface area contributed by atoms with Crippen molar-refractivity contribution in [3.05, 3.63) is 54.6 Å². The maximum atomic E-state index is 12.3. The van der Waals surface area contributed by atoms with Crippen molar-refractivity contribution >= 4 is 11.6 Å². The second kappa shape index (κ2) is 6.10. The van der Waals surface area contributed by atoms with Gasteiger partial charge in [0.05, 0.1) is 6.04 Å². The number of amides is 1. The van der Waals surface area contributed by atoms with Gasteiger partial charge in [-0.25, -0.2) is 0 Å². The average Bonchev–Trinajstić information content (AvgIpc) is 2.47. The van der Waals surface area contributed by atoms with Crippen LogP contribution in [0.1, 0.15) is 20.8 Å². The van der Waals surface area contributed by atoms with Crippen molar-refractivity contribution in [1.82, 2.24) is 0 Å². The van der Waals surface area contributed by atoms with E-state index in [1.807, 2.05) is 75.4 Å². The summed E-state index contributed by atoms with van der Waals surface area (Å²) in [6.07, 6.45) is 0. The molecule has 1 atom stereocenters. The van der Waals surface area contributed by atoms with Crippen LogP contribution >= 0.6 is 0 Å². The molecule has 21 heavy (non-hydrogen) atoms. The first-order valence-corrected chi connectivity index (χ1v) is 7.10. The first kappa shape index (κ1) is 15.3.